The number of aryl methyl sites for hydroxylation is 1. The molecule has 1 aliphatic rings. The lowest BCUT2D eigenvalue weighted by Gasteiger charge is -2.18. The molecule has 0 atom stereocenters. The molecule has 0 bridgehead atoms. The smallest absolute Gasteiger partial charge is 0.307 e. The van der Waals surface area contributed by atoms with Gasteiger partial charge in [-0.15, -0.1) is 0 Å². The Kier molecular flexibility index (Phi) is 6.81. The molecule has 0 radical (unpaired) electrons. The summed E-state index contributed by atoms with van der Waals surface area (Å²) in [5.74, 6) is 0.575. The Bertz CT molecular complexity index is 1770. The topological polar surface area (TPSA) is 92.0 Å². The fourth-order valence-electron chi connectivity index (χ4n) is 4.60. The van der Waals surface area contributed by atoms with Crippen molar-refractivity contribution in [3.05, 3.63) is 83.2 Å². The zero-order valence-electron chi connectivity index (χ0n) is 21.3. The molecule has 9 heteroatoms. The molecule has 0 aliphatic carbocycles. The van der Waals surface area contributed by atoms with E-state index in [2.05, 4.69) is 4.99 Å². The SMILES string of the molecule is CCOC(=O)CCn1c(=NC(=O)c2cc(-c3ccccc3)nc3ccccc23)sc2cc3c(cc21)OCCO3. The van der Waals surface area contributed by atoms with Gasteiger partial charge in [-0.05, 0) is 19.1 Å². The zero-order valence-corrected chi connectivity index (χ0v) is 22.1. The van der Waals surface area contributed by atoms with E-state index in [1.54, 1.807) is 13.0 Å². The molecule has 8 nitrogen and oxygen atoms in total. The van der Waals surface area contributed by atoms with Crippen molar-refractivity contribution in [1.82, 2.24) is 9.55 Å². The normalized spacial score (nSPS) is 13.1. The van der Waals surface area contributed by atoms with Crippen molar-refractivity contribution < 1.29 is 23.8 Å². The number of ether oxygens (including phenoxy) is 3. The Morgan fingerprint density at radius 1 is 1.00 bits per heavy atom. The second kappa shape index (κ2) is 10.7. The van der Waals surface area contributed by atoms with Crippen molar-refractivity contribution >= 4 is 44.3 Å². The number of rotatable bonds is 6. The summed E-state index contributed by atoms with van der Waals surface area (Å²) < 4.78 is 19.4. The molecule has 5 aromatic rings. The number of esters is 1. The van der Waals surface area contributed by atoms with E-state index in [1.165, 1.54) is 11.3 Å². The van der Waals surface area contributed by atoms with Gasteiger partial charge in [0.25, 0.3) is 5.91 Å². The predicted octanol–water partition coefficient (Wildman–Crippen LogP) is 5.38. The van der Waals surface area contributed by atoms with Gasteiger partial charge in [-0.3, -0.25) is 9.59 Å². The third kappa shape index (κ3) is 5.00. The zero-order chi connectivity index (χ0) is 26.8. The van der Waals surface area contributed by atoms with Crippen LogP contribution in [0.2, 0.25) is 0 Å². The molecular formula is C30H25N3O5S. The predicted molar refractivity (Wildman–Crippen MR) is 149 cm³/mol. The average Bonchev–Trinajstić information content (AvgIpc) is 3.30. The van der Waals surface area contributed by atoms with Crippen LogP contribution >= 0.6 is 11.3 Å². The molecule has 0 N–H and O–H groups in total. The maximum Gasteiger partial charge on any atom is 0.307 e. The summed E-state index contributed by atoms with van der Waals surface area (Å²) in [6.45, 7) is 3.32. The van der Waals surface area contributed by atoms with Crippen LogP contribution in [-0.4, -0.2) is 41.2 Å². The summed E-state index contributed by atoms with van der Waals surface area (Å²) in [6.07, 6.45) is 0.145. The van der Waals surface area contributed by atoms with E-state index in [1.807, 2.05) is 71.3 Å². The molecule has 0 fully saturated rings. The molecule has 6 rings (SSSR count). The van der Waals surface area contributed by atoms with Crippen molar-refractivity contribution in [2.24, 2.45) is 4.99 Å². The van der Waals surface area contributed by atoms with E-state index in [-0.39, 0.29) is 18.3 Å². The number of hydrogen-bond acceptors (Lipinski definition) is 7. The molecule has 0 saturated carbocycles. The van der Waals surface area contributed by atoms with E-state index in [0.29, 0.717) is 59.4 Å². The lowest BCUT2D eigenvalue weighted by molar-refractivity contribution is -0.143. The molecule has 0 spiro atoms. The number of nitrogens with zero attached hydrogens (tertiary/aromatic N) is 3. The van der Waals surface area contributed by atoms with E-state index in [4.69, 9.17) is 19.2 Å². The van der Waals surface area contributed by atoms with Gasteiger partial charge in [-0.25, -0.2) is 4.98 Å². The minimum atomic E-state index is -0.389. The van der Waals surface area contributed by atoms with Crippen LogP contribution in [0, 0.1) is 0 Å². The summed E-state index contributed by atoms with van der Waals surface area (Å²) in [4.78, 5) is 35.8. The Morgan fingerprint density at radius 3 is 2.54 bits per heavy atom. The third-order valence-electron chi connectivity index (χ3n) is 6.40. The Hall–Kier alpha value is -4.50. The molecule has 1 amide bonds. The highest BCUT2D eigenvalue weighted by molar-refractivity contribution is 7.16. The second-order valence-electron chi connectivity index (χ2n) is 8.91. The Labute approximate surface area is 228 Å². The number of hydrogen-bond donors (Lipinski definition) is 0. The maximum atomic E-state index is 13.8. The summed E-state index contributed by atoms with van der Waals surface area (Å²) in [6, 6.07) is 22.9. The van der Waals surface area contributed by atoms with Gasteiger partial charge in [-0.1, -0.05) is 59.9 Å². The van der Waals surface area contributed by atoms with Gasteiger partial charge in [0.15, 0.2) is 16.3 Å². The number of fused-ring (bicyclic) bond motifs is 3. The number of carbonyl (C=O) groups excluding carboxylic acids is 2. The summed E-state index contributed by atoms with van der Waals surface area (Å²) >= 11 is 1.36. The number of pyridine rings is 1. The second-order valence-corrected chi connectivity index (χ2v) is 9.92. The fraction of sp³-hybridized carbons (Fsp3) is 0.200. The van der Waals surface area contributed by atoms with E-state index in [9.17, 15) is 9.59 Å². The number of aromatic nitrogens is 2. The summed E-state index contributed by atoms with van der Waals surface area (Å²) in [7, 11) is 0. The van der Waals surface area contributed by atoms with Gasteiger partial charge in [-0.2, -0.15) is 4.99 Å². The van der Waals surface area contributed by atoms with Crippen molar-refractivity contribution in [3.8, 4) is 22.8 Å². The van der Waals surface area contributed by atoms with Crippen LogP contribution in [0.15, 0.2) is 77.8 Å². The molecule has 196 valence electrons. The minimum absolute atomic E-state index is 0.145. The van der Waals surface area contributed by atoms with Crippen LogP contribution < -0.4 is 14.3 Å². The number of benzene rings is 3. The number of carbonyl (C=O) groups is 2. The number of thiazole rings is 1. The van der Waals surface area contributed by atoms with Gasteiger partial charge < -0.3 is 18.8 Å². The highest BCUT2D eigenvalue weighted by Gasteiger charge is 2.19. The molecular weight excluding hydrogens is 514 g/mol. The average molecular weight is 540 g/mol. The molecule has 3 heterocycles. The minimum Gasteiger partial charge on any atom is -0.486 e. The quantitative estimate of drug-likeness (QED) is 0.269. The van der Waals surface area contributed by atoms with Crippen molar-refractivity contribution in [3.63, 3.8) is 0 Å². The van der Waals surface area contributed by atoms with Gasteiger partial charge in [0.05, 0.1) is 40.0 Å². The molecule has 3 aromatic carbocycles. The fourth-order valence-corrected chi connectivity index (χ4v) is 5.67. The van der Waals surface area contributed by atoms with Crippen LogP contribution in [0.3, 0.4) is 0 Å². The van der Waals surface area contributed by atoms with Gasteiger partial charge in [0.1, 0.15) is 13.2 Å². The van der Waals surface area contributed by atoms with Gasteiger partial charge in [0.2, 0.25) is 0 Å². The number of amides is 1. The molecule has 2 aromatic heterocycles. The van der Waals surface area contributed by atoms with E-state index in [0.717, 1.165) is 21.2 Å². The lowest BCUT2D eigenvalue weighted by Crippen LogP contribution is -2.20. The molecule has 0 unspecified atom stereocenters. The van der Waals surface area contributed by atoms with Crippen LogP contribution in [0.5, 0.6) is 11.5 Å². The first-order chi connectivity index (χ1) is 19.1. The Morgan fingerprint density at radius 2 is 1.74 bits per heavy atom. The first-order valence-electron chi connectivity index (χ1n) is 12.7. The highest BCUT2D eigenvalue weighted by atomic mass is 32.1. The first-order valence-corrected chi connectivity index (χ1v) is 13.6. The van der Waals surface area contributed by atoms with Crippen LogP contribution in [-0.2, 0) is 16.1 Å². The van der Waals surface area contributed by atoms with Gasteiger partial charge in [0, 0.05) is 29.6 Å². The molecule has 1 aliphatic heterocycles. The van der Waals surface area contributed by atoms with Crippen molar-refractivity contribution in [1.29, 1.82) is 0 Å². The van der Waals surface area contributed by atoms with Crippen molar-refractivity contribution in [2.45, 2.75) is 19.9 Å². The maximum absolute atomic E-state index is 13.8. The van der Waals surface area contributed by atoms with Crippen LogP contribution in [0.1, 0.15) is 23.7 Å². The monoisotopic (exact) mass is 539 g/mol. The third-order valence-corrected chi connectivity index (χ3v) is 7.45. The standard InChI is InChI=1S/C30H25N3O5S/c1-2-36-28(34)12-13-33-24-17-25-26(38-15-14-37-25)18-27(24)39-30(33)32-29(35)21-16-23(19-8-4-3-5-9-19)31-22-11-7-6-10-20(21)22/h3-11,16-18H,2,12-15H2,1H3. The van der Waals surface area contributed by atoms with Crippen molar-refractivity contribution in [2.75, 3.05) is 19.8 Å². The summed E-state index contributed by atoms with van der Waals surface area (Å²) in [5.41, 5.74) is 3.59. The molecule has 39 heavy (non-hydrogen) atoms. The Balaban J connectivity index is 1.49. The molecule has 0 saturated heterocycles. The van der Waals surface area contributed by atoms with Gasteiger partial charge >= 0.3 is 5.97 Å². The lowest BCUT2D eigenvalue weighted by atomic mass is 10.0. The largest absolute Gasteiger partial charge is 0.486 e. The highest BCUT2D eigenvalue weighted by Crippen LogP contribution is 2.36. The first kappa shape index (κ1) is 24.8. The van der Waals surface area contributed by atoms with Crippen LogP contribution in [0.4, 0.5) is 0 Å². The number of para-hydroxylation sites is 1. The van der Waals surface area contributed by atoms with E-state index < -0.39 is 0 Å². The van der Waals surface area contributed by atoms with Crippen LogP contribution in [0.25, 0.3) is 32.4 Å². The summed E-state index contributed by atoms with van der Waals surface area (Å²) in [5, 5.41) is 0.724. The van der Waals surface area contributed by atoms with E-state index >= 15 is 0 Å².